The molecule has 1 atom stereocenters. The first-order valence-corrected chi connectivity index (χ1v) is 8.00. The van der Waals surface area contributed by atoms with Crippen molar-refractivity contribution in [1.82, 2.24) is 0 Å². The maximum atomic E-state index is 12.2. The van der Waals surface area contributed by atoms with Gasteiger partial charge in [-0.1, -0.05) is 36.7 Å². The molecule has 0 aromatic heterocycles. The van der Waals surface area contributed by atoms with Gasteiger partial charge in [-0.3, -0.25) is 4.79 Å². The molecule has 114 valence electrons. The number of amides is 1. The molecule has 1 aliphatic rings. The second-order valence-corrected chi connectivity index (χ2v) is 7.68. The van der Waals surface area contributed by atoms with E-state index in [4.69, 9.17) is 34.8 Å². The molecule has 0 spiro atoms. The number of rotatable bonds is 3. The Balaban J connectivity index is 1.73. The van der Waals surface area contributed by atoms with Crippen LogP contribution < -0.4 is 5.32 Å². The third-order valence-corrected chi connectivity index (χ3v) is 5.46. The van der Waals surface area contributed by atoms with E-state index in [2.05, 4.69) is 5.32 Å². The summed E-state index contributed by atoms with van der Waals surface area (Å²) < 4.78 is -0.696. The van der Waals surface area contributed by atoms with Gasteiger partial charge < -0.3 is 5.32 Å². The molecule has 22 heavy (non-hydrogen) atoms. The molecule has 0 aliphatic heterocycles. The Kier molecular flexibility index (Phi) is 3.88. The number of hydrogen-bond acceptors (Lipinski definition) is 1. The van der Waals surface area contributed by atoms with Crippen molar-refractivity contribution in [2.75, 3.05) is 5.32 Å². The van der Waals surface area contributed by atoms with Crippen molar-refractivity contribution in [2.24, 2.45) is 0 Å². The lowest BCUT2D eigenvalue weighted by Gasteiger charge is -2.13. The summed E-state index contributed by atoms with van der Waals surface area (Å²) in [4.78, 5) is 12.2. The summed E-state index contributed by atoms with van der Waals surface area (Å²) in [5, 5.41) is 3.37. The quantitative estimate of drug-likeness (QED) is 0.732. The first-order valence-electron chi connectivity index (χ1n) is 6.87. The minimum atomic E-state index is -0.696. The fraction of sp³-hybridized carbons (Fsp3) is 0.235. The van der Waals surface area contributed by atoms with Crippen molar-refractivity contribution in [3.63, 3.8) is 0 Å². The minimum Gasteiger partial charge on any atom is -0.322 e. The third kappa shape index (κ3) is 2.83. The zero-order valence-corrected chi connectivity index (χ0v) is 14.1. The third-order valence-electron chi connectivity index (χ3n) is 4.12. The smallest absolute Gasteiger partial charge is 0.255 e. The average Bonchev–Trinajstić information content (AvgIpc) is 2.99. The van der Waals surface area contributed by atoms with Crippen molar-refractivity contribution in [1.29, 1.82) is 0 Å². The lowest BCUT2D eigenvalue weighted by molar-refractivity contribution is 0.102. The molecule has 2 nitrogen and oxygen atoms in total. The Bertz CT molecular complexity index is 727. The van der Waals surface area contributed by atoms with Gasteiger partial charge in [-0.25, -0.2) is 0 Å². The monoisotopic (exact) mass is 353 g/mol. The van der Waals surface area contributed by atoms with Crippen LogP contribution >= 0.6 is 34.8 Å². The van der Waals surface area contributed by atoms with Gasteiger partial charge in [-0.05, 0) is 42.3 Å². The first kappa shape index (κ1) is 15.7. The zero-order chi connectivity index (χ0) is 16.0. The van der Waals surface area contributed by atoms with Gasteiger partial charge in [0.15, 0.2) is 0 Å². The van der Waals surface area contributed by atoms with E-state index in [9.17, 15) is 4.79 Å². The lowest BCUT2D eigenvalue weighted by Crippen LogP contribution is -2.13. The summed E-state index contributed by atoms with van der Waals surface area (Å²) >= 11 is 18.3. The first-order chi connectivity index (χ1) is 10.3. The standard InChI is InChI=1S/C17H14Cl3NO/c1-16(10-17(16,19)20)12-5-7-14(8-6-12)21-15(22)11-3-2-4-13(18)9-11/h2-9H,10H2,1H3,(H,21,22). The van der Waals surface area contributed by atoms with Crippen molar-refractivity contribution < 1.29 is 4.79 Å². The summed E-state index contributed by atoms with van der Waals surface area (Å²) in [5.41, 5.74) is 2.09. The molecule has 0 heterocycles. The molecule has 1 N–H and O–H groups in total. The van der Waals surface area contributed by atoms with Crippen LogP contribution in [-0.4, -0.2) is 10.2 Å². The maximum absolute atomic E-state index is 12.2. The Morgan fingerprint density at radius 1 is 1.14 bits per heavy atom. The zero-order valence-electron chi connectivity index (χ0n) is 11.9. The highest BCUT2D eigenvalue weighted by Gasteiger charge is 2.63. The topological polar surface area (TPSA) is 29.1 Å². The van der Waals surface area contributed by atoms with Crippen LogP contribution in [0.2, 0.25) is 5.02 Å². The SMILES string of the molecule is CC1(c2ccc(NC(=O)c3cccc(Cl)c3)cc2)CC1(Cl)Cl. The largest absolute Gasteiger partial charge is 0.322 e. The van der Waals surface area contributed by atoms with E-state index in [1.807, 2.05) is 31.2 Å². The van der Waals surface area contributed by atoms with Gasteiger partial charge in [0, 0.05) is 21.7 Å². The highest BCUT2D eigenvalue weighted by Crippen LogP contribution is 2.64. The van der Waals surface area contributed by atoms with E-state index in [-0.39, 0.29) is 11.3 Å². The van der Waals surface area contributed by atoms with Gasteiger partial charge in [0.05, 0.1) is 0 Å². The maximum Gasteiger partial charge on any atom is 0.255 e. The van der Waals surface area contributed by atoms with Crippen molar-refractivity contribution in [3.8, 4) is 0 Å². The molecule has 1 saturated carbocycles. The number of anilines is 1. The van der Waals surface area contributed by atoms with Crippen LogP contribution in [-0.2, 0) is 5.41 Å². The lowest BCUT2D eigenvalue weighted by atomic mass is 9.98. The predicted molar refractivity (Wildman–Crippen MR) is 92.3 cm³/mol. The number of hydrogen-bond donors (Lipinski definition) is 1. The Labute approximate surface area is 144 Å². The number of benzene rings is 2. The Hall–Kier alpha value is -1.22. The number of alkyl halides is 2. The predicted octanol–water partition coefficient (Wildman–Crippen LogP) is 5.43. The normalized spacial score (nSPS) is 22.2. The molecule has 1 aliphatic carbocycles. The van der Waals surface area contributed by atoms with Gasteiger partial charge in [0.2, 0.25) is 0 Å². The van der Waals surface area contributed by atoms with E-state index < -0.39 is 4.33 Å². The number of halogens is 3. The van der Waals surface area contributed by atoms with Gasteiger partial charge in [0.25, 0.3) is 5.91 Å². The Morgan fingerprint density at radius 2 is 1.77 bits per heavy atom. The summed E-state index contributed by atoms with van der Waals surface area (Å²) in [6.07, 6.45) is 0.733. The molecule has 1 fully saturated rings. The molecular formula is C17H14Cl3NO. The number of carbonyl (C=O) groups excluding carboxylic acids is 1. The van der Waals surface area contributed by atoms with Crippen LogP contribution in [0.15, 0.2) is 48.5 Å². The van der Waals surface area contributed by atoms with Crippen molar-refractivity contribution in [3.05, 3.63) is 64.7 Å². The van der Waals surface area contributed by atoms with Gasteiger partial charge in [-0.2, -0.15) is 0 Å². The molecule has 1 amide bonds. The molecule has 0 radical (unpaired) electrons. The van der Waals surface area contributed by atoms with Crippen LogP contribution in [0.3, 0.4) is 0 Å². The van der Waals surface area contributed by atoms with Gasteiger partial charge >= 0.3 is 0 Å². The second-order valence-electron chi connectivity index (χ2n) is 5.76. The molecular weight excluding hydrogens is 341 g/mol. The van der Waals surface area contributed by atoms with E-state index in [1.54, 1.807) is 24.3 Å². The summed E-state index contributed by atoms with van der Waals surface area (Å²) in [6.45, 7) is 2.03. The number of nitrogens with one attached hydrogen (secondary N) is 1. The molecule has 3 rings (SSSR count). The second kappa shape index (κ2) is 5.45. The van der Waals surface area contributed by atoms with Crippen molar-refractivity contribution in [2.45, 2.75) is 23.1 Å². The van der Waals surface area contributed by atoms with Gasteiger partial charge in [-0.15, -0.1) is 23.2 Å². The fourth-order valence-corrected chi connectivity index (χ4v) is 3.41. The van der Waals surface area contributed by atoms with E-state index >= 15 is 0 Å². The van der Waals surface area contributed by atoms with Crippen LogP contribution in [0.5, 0.6) is 0 Å². The van der Waals surface area contributed by atoms with E-state index in [0.717, 1.165) is 12.0 Å². The molecule has 0 bridgehead atoms. The average molecular weight is 355 g/mol. The van der Waals surface area contributed by atoms with E-state index in [1.165, 1.54) is 0 Å². The minimum absolute atomic E-state index is 0.197. The molecule has 0 saturated heterocycles. The molecule has 2 aromatic rings. The van der Waals surface area contributed by atoms with Crippen LogP contribution in [0.4, 0.5) is 5.69 Å². The van der Waals surface area contributed by atoms with Gasteiger partial charge in [0.1, 0.15) is 4.33 Å². The highest BCUT2D eigenvalue weighted by molar-refractivity contribution is 6.52. The van der Waals surface area contributed by atoms with E-state index in [0.29, 0.717) is 16.3 Å². The molecule has 2 aromatic carbocycles. The summed E-state index contributed by atoms with van der Waals surface area (Å²) in [6, 6.07) is 14.4. The van der Waals surface area contributed by atoms with Crippen molar-refractivity contribution >= 4 is 46.4 Å². The van der Waals surface area contributed by atoms with Crippen LogP contribution in [0, 0.1) is 0 Å². The fourth-order valence-electron chi connectivity index (χ4n) is 2.47. The molecule has 5 heteroatoms. The van der Waals surface area contributed by atoms with Crippen LogP contribution in [0.25, 0.3) is 0 Å². The number of carbonyl (C=O) groups is 1. The summed E-state index contributed by atoms with van der Waals surface area (Å²) in [5.74, 6) is -0.197. The van der Waals surface area contributed by atoms with Crippen LogP contribution in [0.1, 0.15) is 29.3 Å². The Morgan fingerprint density at radius 3 is 2.32 bits per heavy atom. The summed E-state index contributed by atoms with van der Waals surface area (Å²) in [7, 11) is 0. The molecule has 1 unspecified atom stereocenters. The highest BCUT2D eigenvalue weighted by atomic mass is 35.5.